The van der Waals surface area contributed by atoms with Gasteiger partial charge < -0.3 is 20.6 Å². The Hall–Kier alpha value is -1.79. The van der Waals surface area contributed by atoms with E-state index in [0.29, 0.717) is 38.6 Å². The van der Waals surface area contributed by atoms with Gasteiger partial charge in [-0.25, -0.2) is 4.79 Å². The molecule has 1 aliphatic carbocycles. The first-order chi connectivity index (χ1) is 10.9. The first-order valence-corrected chi connectivity index (χ1v) is 8.48. The number of hydrogen-bond acceptors (Lipinski definition) is 3. The molecule has 0 spiro atoms. The zero-order valence-corrected chi connectivity index (χ0v) is 13.9. The fourth-order valence-corrected chi connectivity index (χ4v) is 3.39. The van der Waals surface area contributed by atoms with Crippen LogP contribution in [0, 0.1) is 5.92 Å². The molecule has 2 rings (SSSR count). The Morgan fingerprint density at radius 3 is 2.30 bits per heavy atom. The van der Waals surface area contributed by atoms with Crippen LogP contribution < -0.4 is 10.6 Å². The molecule has 2 fully saturated rings. The number of likely N-dealkylation sites (tertiary alicyclic amines) is 1. The lowest BCUT2D eigenvalue weighted by molar-refractivity contribution is -0.142. The lowest BCUT2D eigenvalue weighted by atomic mass is 9.86. The Morgan fingerprint density at radius 2 is 1.74 bits per heavy atom. The number of hydrogen-bond donors (Lipinski definition) is 3. The van der Waals surface area contributed by atoms with Crippen molar-refractivity contribution < 1.29 is 19.5 Å². The predicted octanol–water partition coefficient (Wildman–Crippen LogP) is 1.33. The minimum atomic E-state index is -0.748. The molecule has 3 amide bonds. The summed E-state index contributed by atoms with van der Waals surface area (Å²) in [4.78, 5) is 37.2. The molecule has 0 bridgehead atoms. The van der Waals surface area contributed by atoms with E-state index in [-0.39, 0.29) is 29.9 Å². The summed E-state index contributed by atoms with van der Waals surface area (Å²) < 4.78 is 0. The first kappa shape index (κ1) is 17.6. The summed E-state index contributed by atoms with van der Waals surface area (Å²) in [6.07, 6.45) is 4.09. The molecule has 0 aromatic heterocycles. The molecule has 0 aromatic rings. The molecule has 130 valence electrons. The normalized spacial score (nSPS) is 27.8. The minimum absolute atomic E-state index is 0.0220. The van der Waals surface area contributed by atoms with Crippen molar-refractivity contribution in [2.45, 2.75) is 70.5 Å². The number of nitrogens with zero attached hydrogens (tertiary/aromatic N) is 1. The van der Waals surface area contributed by atoms with Gasteiger partial charge in [-0.3, -0.25) is 9.59 Å². The highest BCUT2D eigenvalue weighted by Crippen LogP contribution is 2.25. The number of aliphatic carboxylic acids is 1. The van der Waals surface area contributed by atoms with Crippen LogP contribution in [0.15, 0.2) is 0 Å². The molecule has 1 saturated heterocycles. The monoisotopic (exact) mass is 325 g/mol. The standard InChI is InChI=1S/C16H27N3O4/c1-10(2)17-16(23)19-9-3-4-13(19)14(20)18-12-7-5-11(6-8-12)15(21)22/h10-13H,3-9H2,1-2H3,(H,17,23)(H,18,20)(H,21,22)/t11?,12?,13-/m0/s1. The van der Waals surface area contributed by atoms with E-state index in [1.54, 1.807) is 4.90 Å². The van der Waals surface area contributed by atoms with E-state index < -0.39 is 12.0 Å². The summed E-state index contributed by atoms with van der Waals surface area (Å²) in [5.41, 5.74) is 0. The van der Waals surface area contributed by atoms with E-state index >= 15 is 0 Å². The van der Waals surface area contributed by atoms with Gasteiger partial charge in [-0.1, -0.05) is 0 Å². The third-order valence-electron chi connectivity index (χ3n) is 4.65. The zero-order valence-electron chi connectivity index (χ0n) is 13.9. The zero-order chi connectivity index (χ0) is 17.0. The van der Waals surface area contributed by atoms with Crippen LogP contribution >= 0.6 is 0 Å². The van der Waals surface area contributed by atoms with Gasteiger partial charge in [-0.05, 0) is 52.4 Å². The van der Waals surface area contributed by atoms with Crippen LogP contribution in [0.4, 0.5) is 4.79 Å². The van der Waals surface area contributed by atoms with Crippen molar-refractivity contribution in [3.63, 3.8) is 0 Å². The molecule has 1 aliphatic heterocycles. The van der Waals surface area contributed by atoms with E-state index in [4.69, 9.17) is 5.11 Å². The van der Waals surface area contributed by atoms with E-state index in [1.807, 2.05) is 13.8 Å². The Labute approximate surface area is 136 Å². The van der Waals surface area contributed by atoms with Crippen molar-refractivity contribution in [1.82, 2.24) is 15.5 Å². The fraction of sp³-hybridized carbons (Fsp3) is 0.812. The topological polar surface area (TPSA) is 98.7 Å². The average Bonchev–Trinajstić information content (AvgIpc) is 2.96. The van der Waals surface area contributed by atoms with Crippen molar-refractivity contribution in [2.24, 2.45) is 5.92 Å². The summed E-state index contributed by atoms with van der Waals surface area (Å²) in [5, 5.41) is 14.8. The van der Waals surface area contributed by atoms with Crippen LogP contribution in [0.2, 0.25) is 0 Å². The molecule has 7 heteroatoms. The Balaban J connectivity index is 1.85. The fourth-order valence-electron chi connectivity index (χ4n) is 3.39. The Kier molecular flexibility index (Phi) is 5.85. The van der Waals surface area contributed by atoms with Gasteiger partial charge in [0.25, 0.3) is 0 Å². The number of amides is 3. The lowest BCUT2D eigenvalue weighted by Gasteiger charge is -2.30. The quantitative estimate of drug-likeness (QED) is 0.726. The summed E-state index contributed by atoms with van der Waals surface area (Å²) in [6, 6.07) is -0.537. The molecule has 3 N–H and O–H groups in total. The number of urea groups is 1. The van der Waals surface area contributed by atoms with Crippen LogP contribution in [0.25, 0.3) is 0 Å². The van der Waals surface area contributed by atoms with Crippen molar-refractivity contribution in [3.8, 4) is 0 Å². The second kappa shape index (κ2) is 7.66. The molecule has 7 nitrogen and oxygen atoms in total. The van der Waals surface area contributed by atoms with E-state index in [9.17, 15) is 14.4 Å². The van der Waals surface area contributed by atoms with E-state index in [1.165, 1.54) is 0 Å². The average molecular weight is 325 g/mol. The van der Waals surface area contributed by atoms with Crippen LogP contribution in [-0.4, -0.2) is 52.6 Å². The highest BCUT2D eigenvalue weighted by molar-refractivity contribution is 5.88. The predicted molar refractivity (Wildman–Crippen MR) is 84.9 cm³/mol. The van der Waals surface area contributed by atoms with Crippen molar-refractivity contribution in [3.05, 3.63) is 0 Å². The third-order valence-corrected chi connectivity index (χ3v) is 4.65. The second-order valence-corrected chi connectivity index (χ2v) is 6.85. The number of rotatable bonds is 4. The van der Waals surface area contributed by atoms with Gasteiger partial charge in [-0.15, -0.1) is 0 Å². The van der Waals surface area contributed by atoms with Gasteiger partial charge in [0.15, 0.2) is 0 Å². The molecular weight excluding hydrogens is 298 g/mol. The molecule has 0 unspecified atom stereocenters. The number of carbonyl (C=O) groups is 3. The van der Waals surface area contributed by atoms with E-state index in [0.717, 1.165) is 6.42 Å². The Morgan fingerprint density at radius 1 is 1.09 bits per heavy atom. The van der Waals surface area contributed by atoms with Crippen LogP contribution in [-0.2, 0) is 9.59 Å². The van der Waals surface area contributed by atoms with Crippen molar-refractivity contribution in [2.75, 3.05) is 6.54 Å². The maximum absolute atomic E-state index is 12.5. The highest BCUT2D eigenvalue weighted by Gasteiger charge is 2.36. The maximum Gasteiger partial charge on any atom is 0.318 e. The molecule has 23 heavy (non-hydrogen) atoms. The molecule has 0 radical (unpaired) electrons. The molecule has 1 atom stereocenters. The summed E-state index contributed by atoms with van der Waals surface area (Å²) >= 11 is 0. The van der Waals surface area contributed by atoms with Gasteiger partial charge in [0.05, 0.1) is 5.92 Å². The molecule has 1 saturated carbocycles. The van der Waals surface area contributed by atoms with Gasteiger partial charge in [-0.2, -0.15) is 0 Å². The third kappa shape index (κ3) is 4.59. The van der Waals surface area contributed by atoms with Crippen LogP contribution in [0.1, 0.15) is 52.4 Å². The highest BCUT2D eigenvalue weighted by atomic mass is 16.4. The minimum Gasteiger partial charge on any atom is -0.481 e. The summed E-state index contributed by atoms with van der Waals surface area (Å²) in [6.45, 7) is 4.39. The smallest absolute Gasteiger partial charge is 0.318 e. The van der Waals surface area contributed by atoms with E-state index in [2.05, 4.69) is 10.6 Å². The summed E-state index contributed by atoms with van der Waals surface area (Å²) in [5.74, 6) is -1.15. The van der Waals surface area contributed by atoms with Crippen LogP contribution in [0.5, 0.6) is 0 Å². The van der Waals surface area contributed by atoms with Gasteiger partial charge in [0.1, 0.15) is 6.04 Å². The second-order valence-electron chi connectivity index (χ2n) is 6.85. The van der Waals surface area contributed by atoms with Crippen molar-refractivity contribution >= 4 is 17.9 Å². The maximum atomic E-state index is 12.5. The van der Waals surface area contributed by atoms with Gasteiger partial charge in [0, 0.05) is 18.6 Å². The largest absolute Gasteiger partial charge is 0.481 e. The number of nitrogens with one attached hydrogen (secondary N) is 2. The SMILES string of the molecule is CC(C)NC(=O)N1CCC[C@H]1C(=O)NC1CCC(C(=O)O)CC1. The first-order valence-electron chi connectivity index (χ1n) is 8.48. The number of carboxylic acids is 1. The van der Waals surface area contributed by atoms with Gasteiger partial charge >= 0.3 is 12.0 Å². The molecular formula is C16H27N3O4. The number of carboxylic acid groups (broad SMARTS) is 1. The van der Waals surface area contributed by atoms with Gasteiger partial charge in [0.2, 0.25) is 5.91 Å². The number of carbonyl (C=O) groups excluding carboxylic acids is 2. The van der Waals surface area contributed by atoms with Crippen LogP contribution in [0.3, 0.4) is 0 Å². The Bertz CT molecular complexity index is 458. The molecule has 0 aromatic carbocycles. The lowest BCUT2D eigenvalue weighted by Crippen LogP contribution is -2.52. The van der Waals surface area contributed by atoms with Crippen molar-refractivity contribution in [1.29, 1.82) is 0 Å². The molecule has 1 heterocycles. The summed E-state index contributed by atoms with van der Waals surface area (Å²) in [7, 11) is 0. The molecule has 2 aliphatic rings.